The molecule has 0 aliphatic heterocycles. The molecule has 3 aromatic rings. The van der Waals surface area contributed by atoms with Crippen LogP contribution in [0.1, 0.15) is 30.0 Å². The second kappa shape index (κ2) is 7.35. The smallest absolute Gasteiger partial charge is 0.258 e. The lowest BCUT2D eigenvalue weighted by Crippen LogP contribution is -2.37. The number of aromatic amines is 1. The van der Waals surface area contributed by atoms with Crippen LogP contribution in [-0.2, 0) is 6.54 Å². The average Bonchev–Trinajstić information content (AvgIpc) is 2.65. The number of nitrogens with one attached hydrogen (secondary N) is 1. The van der Waals surface area contributed by atoms with E-state index in [4.69, 9.17) is 4.74 Å². The predicted octanol–water partition coefficient (Wildman–Crippen LogP) is 2.38. The van der Waals surface area contributed by atoms with Crippen molar-refractivity contribution in [3.05, 3.63) is 64.3 Å². The highest BCUT2D eigenvalue weighted by Crippen LogP contribution is 2.14. The fraction of sp³-hybridized carbons (Fsp3) is 0.263. The van der Waals surface area contributed by atoms with Crippen LogP contribution in [0, 0.1) is 0 Å². The van der Waals surface area contributed by atoms with Gasteiger partial charge < -0.3 is 14.6 Å². The van der Waals surface area contributed by atoms with Gasteiger partial charge in [-0.05, 0) is 32.0 Å². The summed E-state index contributed by atoms with van der Waals surface area (Å²) in [4.78, 5) is 38.1. The minimum absolute atomic E-state index is 0.0821. The largest absolute Gasteiger partial charge is 0.481 e. The van der Waals surface area contributed by atoms with Crippen molar-refractivity contribution in [3.63, 3.8) is 0 Å². The van der Waals surface area contributed by atoms with Crippen LogP contribution in [0.15, 0.2) is 47.4 Å². The number of carbonyl (C=O) groups is 1. The van der Waals surface area contributed by atoms with Crippen LogP contribution in [0.2, 0.25) is 0 Å². The normalized spacial score (nSPS) is 10.9. The highest BCUT2D eigenvalue weighted by molar-refractivity contribution is 5.94. The Morgan fingerprint density at radius 1 is 1.23 bits per heavy atom. The maximum Gasteiger partial charge on any atom is 0.258 e. The zero-order valence-electron chi connectivity index (χ0n) is 14.9. The number of para-hydroxylation sites is 1. The zero-order valence-corrected chi connectivity index (χ0v) is 14.9. The fourth-order valence-electron chi connectivity index (χ4n) is 2.65. The zero-order chi connectivity index (χ0) is 18.7. The van der Waals surface area contributed by atoms with Gasteiger partial charge in [0.15, 0.2) is 0 Å². The molecule has 0 unspecified atom stereocenters. The lowest BCUT2D eigenvalue weighted by atomic mass is 10.2. The van der Waals surface area contributed by atoms with Crippen molar-refractivity contribution in [2.45, 2.75) is 26.4 Å². The molecule has 7 heteroatoms. The molecule has 0 saturated heterocycles. The van der Waals surface area contributed by atoms with Crippen LogP contribution in [-0.4, -0.2) is 38.9 Å². The molecule has 134 valence electrons. The van der Waals surface area contributed by atoms with E-state index in [1.54, 1.807) is 35.2 Å². The minimum atomic E-state index is -0.215. The second-order valence-corrected chi connectivity index (χ2v) is 6.15. The number of rotatable bonds is 5. The van der Waals surface area contributed by atoms with E-state index in [2.05, 4.69) is 15.0 Å². The molecule has 2 heterocycles. The molecular formula is C19H20N4O3. The average molecular weight is 352 g/mol. The van der Waals surface area contributed by atoms with Crippen LogP contribution in [0.5, 0.6) is 5.88 Å². The third-order valence-corrected chi connectivity index (χ3v) is 4.06. The maximum absolute atomic E-state index is 12.9. The molecule has 1 N–H and O–H groups in total. The molecule has 0 aliphatic carbocycles. The molecule has 0 atom stereocenters. The lowest BCUT2D eigenvalue weighted by molar-refractivity contribution is 0.0684. The van der Waals surface area contributed by atoms with Gasteiger partial charge in [0.05, 0.1) is 30.1 Å². The first kappa shape index (κ1) is 17.6. The van der Waals surface area contributed by atoms with E-state index in [0.29, 0.717) is 28.2 Å². The summed E-state index contributed by atoms with van der Waals surface area (Å²) in [6, 6.07) is 10.3. The van der Waals surface area contributed by atoms with Crippen molar-refractivity contribution in [1.29, 1.82) is 0 Å². The summed E-state index contributed by atoms with van der Waals surface area (Å²) in [6.45, 7) is 4.02. The van der Waals surface area contributed by atoms with Crippen molar-refractivity contribution in [3.8, 4) is 5.88 Å². The molecule has 0 spiro atoms. The Hall–Kier alpha value is -3.22. The molecule has 3 rings (SSSR count). The molecule has 0 aliphatic rings. The van der Waals surface area contributed by atoms with Crippen molar-refractivity contribution >= 4 is 16.8 Å². The lowest BCUT2D eigenvalue weighted by Gasteiger charge is -2.26. The van der Waals surface area contributed by atoms with Gasteiger partial charge in [-0.3, -0.25) is 9.59 Å². The van der Waals surface area contributed by atoms with Crippen molar-refractivity contribution in [1.82, 2.24) is 19.9 Å². The first-order chi connectivity index (χ1) is 12.5. The SMILES string of the molecule is COc1ccc(C(=O)N(Cc2nc3ccccc3c(=O)[nH]2)C(C)C)cn1. The number of methoxy groups -OCH3 is 1. The van der Waals surface area contributed by atoms with Gasteiger partial charge >= 0.3 is 0 Å². The first-order valence-corrected chi connectivity index (χ1v) is 8.28. The van der Waals surface area contributed by atoms with Crippen molar-refractivity contribution in [2.24, 2.45) is 0 Å². The van der Waals surface area contributed by atoms with Crippen LogP contribution in [0.3, 0.4) is 0 Å². The van der Waals surface area contributed by atoms with Crippen LogP contribution >= 0.6 is 0 Å². The highest BCUT2D eigenvalue weighted by atomic mass is 16.5. The fourth-order valence-corrected chi connectivity index (χ4v) is 2.65. The number of amides is 1. The number of aromatic nitrogens is 3. The van der Waals surface area contributed by atoms with E-state index in [9.17, 15) is 9.59 Å². The molecule has 2 aromatic heterocycles. The maximum atomic E-state index is 12.9. The van der Waals surface area contributed by atoms with Crippen LogP contribution in [0.25, 0.3) is 10.9 Å². The topological polar surface area (TPSA) is 88.2 Å². The minimum Gasteiger partial charge on any atom is -0.481 e. The Bertz CT molecular complexity index is 980. The van der Waals surface area contributed by atoms with E-state index in [1.807, 2.05) is 19.9 Å². The number of hydrogen-bond acceptors (Lipinski definition) is 5. The summed E-state index contributed by atoms with van der Waals surface area (Å²) in [5, 5.41) is 0.526. The summed E-state index contributed by atoms with van der Waals surface area (Å²) < 4.78 is 5.02. The molecule has 1 aromatic carbocycles. The monoisotopic (exact) mass is 352 g/mol. The Morgan fingerprint density at radius 2 is 2.00 bits per heavy atom. The second-order valence-electron chi connectivity index (χ2n) is 6.15. The van der Waals surface area contributed by atoms with Crippen LogP contribution < -0.4 is 10.3 Å². The predicted molar refractivity (Wildman–Crippen MR) is 98.2 cm³/mol. The third kappa shape index (κ3) is 3.56. The summed E-state index contributed by atoms with van der Waals surface area (Å²) in [7, 11) is 1.52. The molecule has 0 bridgehead atoms. The molecule has 0 radical (unpaired) electrons. The third-order valence-electron chi connectivity index (χ3n) is 4.06. The van der Waals surface area contributed by atoms with E-state index in [0.717, 1.165) is 0 Å². The number of carbonyl (C=O) groups excluding carboxylic acids is 1. The first-order valence-electron chi connectivity index (χ1n) is 8.28. The van der Waals surface area contributed by atoms with Gasteiger partial charge in [-0.2, -0.15) is 0 Å². The van der Waals surface area contributed by atoms with Crippen LogP contribution in [0.4, 0.5) is 0 Å². The Morgan fingerprint density at radius 3 is 2.65 bits per heavy atom. The number of nitrogens with zero attached hydrogens (tertiary/aromatic N) is 3. The molecule has 0 saturated carbocycles. The number of ether oxygens (including phenoxy) is 1. The van der Waals surface area contributed by atoms with Crippen molar-refractivity contribution < 1.29 is 9.53 Å². The number of H-pyrrole nitrogens is 1. The van der Waals surface area contributed by atoms with E-state index in [-0.39, 0.29) is 24.1 Å². The molecule has 26 heavy (non-hydrogen) atoms. The van der Waals surface area contributed by atoms with Gasteiger partial charge in [0.2, 0.25) is 5.88 Å². The highest BCUT2D eigenvalue weighted by Gasteiger charge is 2.21. The van der Waals surface area contributed by atoms with Crippen molar-refractivity contribution in [2.75, 3.05) is 7.11 Å². The van der Waals surface area contributed by atoms with E-state index < -0.39 is 0 Å². The van der Waals surface area contributed by atoms with Gasteiger partial charge in [0, 0.05) is 18.3 Å². The standard InChI is InChI=1S/C19H20N4O3/c1-12(2)23(19(25)13-8-9-17(26-3)20-10-13)11-16-21-15-7-5-4-6-14(15)18(24)22-16/h4-10,12H,11H2,1-3H3,(H,21,22,24). The molecule has 7 nitrogen and oxygen atoms in total. The van der Waals surface area contributed by atoms with Gasteiger partial charge in [0.1, 0.15) is 5.82 Å². The Labute approximate surface area is 150 Å². The molecule has 1 amide bonds. The Kier molecular flexibility index (Phi) is 4.97. The van der Waals surface area contributed by atoms with Gasteiger partial charge in [0.25, 0.3) is 11.5 Å². The summed E-state index contributed by atoms with van der Waals surface area (Å²) in [6.07, 6.45) is 1.48. The summed E-state index contributed by atoms with van der Waals surface area (Å²) >= 11 is 0. The number of pyridine rings is 1. The molecule has 0 fully saturated rings. The summed E-state index contributed by atoms with van der Waals surface area (Å²) in [5.41, 5.74) is 0.837. The van der Waals surface area contributed by atoms with Gasteiger partial charge in [-0.15, -0.1) is 0 Å². The van der Waals surface area contributed by atoms with Gasteiger partial charge in [-0.25, -0.2) is 9.97 Å². The number of benzene rings is 1. The van der Waals surface area contributed by atoms with Gasteiger partial charge in [-0.1, -0.05) is 12.1 Å². The number of fused-ring (bicyclic) bond motifs is 1. The number of hydrogen-bond donors (Lipinski definition) is 1. The Balaban J connectivity index is 1.91. The quantitative estimate of drug-likeness (QED) is 0.762. The molecular weight excluding hydrogens is 332 g/mol. The van der Waals surface area contributed by atoms with E-state index in [1.165, 1.54) is 13.3 Å². The summed E-state index contributed by atoms with van der Waals surface area (Å²) in [5.74, 6) is 0.696. The van der Waals surface area contributed by atoms with E-state index >= 15 is 0 Å².